The van der Waals surface area contributed by atoms with Crippen LogP contribution in [0.25, 0.3) is 0 Å². The van der Waals surface area contributed by atoms with Gasteiger partial charge in [-0.2, -0.15) is 0 Å². The second kappa shape index (κ2) is 7.84. The van der Waals surface area contributed by atoms with E-state index in [0.29, 0.717) is 11.4 Å². The highest BCUT2D eigenvalue weighted by Crippen LogP contribution is 2.17. The first-order valence-electron chi connectivity index (χ1n) is 6.56. The molecule has 0 saturated carbocycles. The molecule has 4 N–H and O–H groups in total. The van der Waals surface area contributed by atoms with Crippen LogP contribution in [0.4, 0.5) is 5.69 Å². The van der Waals surface area contributed by atoms with Crippen molar-refractivity contribution in [3.05, 3.63) is 24.3 Å². The molecule has 21 heavy (non-hydrogen) atoms. The topological polar surface area (TPSA) is 111 Å². The molecule has 1 aromatic rings. The zero-order valence-corrected chi connectivity index (χ0v) is 12.9. The first-order valence-corrected chi connectivity index (χ1v) is 8.21. The molecule has 0 radical (unpaired) electrons. The Hall–Kier alpha value is -1.80. The summed E-state index contributed by atoms with van der Waals surface area (Å²) in [6.45, 7) is 4.30. The fraction of sp³-hybridized carbons (Fsp3) is 0.462. The molecule has 0 bridgehead atoms. The molecule has 1 amide bonds. The number of carbonyl (C=O) groups excluding carboxylic acids is 1. The van der Waals surface area contributed by atoms with Crippen molar-refractivity contribution in [1.29, 1.82) is 0 Å². The van der Waals surface area contributed by atoms with Crippen LogP contribution < -0.4 is 20.5 Å². The van der Waals surface area contributed by atoms with Crippen molar-refractivity contribution >= 4 is 21.6 Å². The summed E-state index contributed by atoms with van der Waals surface area (Å²) in [5.41, 5.74) is 5.59. The van der Waals surface area contributed by atoms with E-state index < -0.39 is 21.7 Å². The summed E-state index contributed by atoms with van der Waals surface area (Å²) in [6, 6.07) is 6.47. The molecule has 0 saturated heterocycles. The van der Waals surface area contributed by atoms with E-state index in [1.54, 1.807) is 24.3 Å². The molecule has 0 fully saturated rings. The van der Waals surface area contributed by atoms with E-state index >= 15 is 0 Å². The molecule has 0 aliphatic rings. The highest BCUT2D eigenvalue weighted by atomic mass is 32.2. The molecule has 8 heteroatoms. The molecule has 1 aromatic carbocycles. The lowest BCUT2D eigenvalue weighted by molar-refractivity contribution is -0.118. The largest absolute Gasteiger partial charge is 0.491 e. The van der Waals surface area contributed by atoms with Crippen LogP contribution in [0.15, 0.2) is 24.3 Å². The number of ether oxygens (including phenoxy) is 1. The van der Waals surface area contributed by atoms with Gasteiger partial charge in [0.2, 0.25) is 15.9 Å². The van der Waals surface area contributed by atoms with Gasteiger partial charge in [-0.25, -0.2) is 8.42 Å². The van der Waals surface area contributed by atoms with Gasteiger partial charge in [0.15, 0.2) is 0 Å². The lowest BCUT2D eigenvalue weighted by Gasteiger charge is -2.11. The number of sulfonamides is 1. The van der Waals surface area contributed by atoms with Crippen molar-refractivity contribution in [2.75, 3.05) is 23.6 Å². The minimum absolute atomic E-state index is 0.0405. The molecule has 0 aliphatic carbocycles. The fourth-order valence-electron chi connectivity index (χ4n) is 1.52. The lowest BCUT2D eigenvalue weighted by atomic mass is 10.3. The lowest BCUT2D eigenvalue weighted by Crippen LogP contribution is -2.35. The molecule has 1 rings (SSSR count). The van der Waals surface area contributed by atoms with Crippen LogP contribution in [0.3, 0.4) is 0 Å². The number of hydrogen-bond acceptors (Lipinski definition) is 5. The average Bonchev–Trinajstić information content (AvgIpc) is 2.37. The van der Waals surface area contributed by atoms with Crippen LogP contribution in [0.2, 0.25) is 0 Å². The smallest absolute Gasteiger partial charge is 0.241 e. The predicted molar refractivity (Wildman–Crippen MR) is 81.7 cm³/mol. The number of hydrogen-bond donors (Lipinski definition) is 3. The van der Waals surface area contributed by atoms with Gasteiger partial charge in [0.25, 0.3) is 0 Å². The summed E-state index contributed by atoms with van der Waals surface area (Å²) >= 11 is 0. The molecular formula is C13H21N3O4S. The zero-order chi connectivity index (χ0) is 15.9. The molecule has 7 nitrogen and oxygen atoms in total. The predicted octanol–water partition coefficient (Wildman–Crippen LogP) is 0.290. The van der Waals surface area contributed by atoms with E-state index in [9.17, 15) is 13.2 Å². The highest BCUT2D eigenvalue weighted by molar-refractivity contribution is 7.93. The summed E-state index contributed by atoms with van der Waals surface area (Å²) in [7, 11) is -3.74. The van der Waals surface area contributed by atoms with Crippen molar-refractivity contribution in [2.24, 2.45) is 5.73 Å². The van der Waals surface area contributed by atoms with Crippen molar-refractivity contribution in [2.45, 2.75) is 20.0 Å². The molecule has 0 heterocycles. The van der Waals surface area contributed by atoms with Crippen molar-refractivity contribution in [3.63, 3.8) is 0 Å². The SMILES string of the molecule is CC(C)Oc1ccc(NS(=O)(=O)CC(=O)NCCN)cc1. The number of rotatable bonds is 8. The molecule has 0 spiro atoms. The molecule has 118 valence electrons. The molecule has 0 atom stereocenters. The fourth-order valence-corrected chi connectivity index (χ4v) is 2.54. The Bertz CT molecular complexity index is 555. The standard InChI is InChI=1S/C13H21N3O4S/c1-10(2)20-12-5-3-11(4-6-12)16-21(18,19)9-13(17)15-8-7-14/h3-6,10,16H,7-9,14H2,1-2H3,(H,15,17). The Morgan fingerprint density at radius 3 is 2.43 bits per heavy atom. The second-order valence-electron chi connectivity index (χ2n) is 4.69. The first kappa shape index (κ1) is 17.3. The van der Waals surface area contributed by atoms with Crippen molar-refractivity contribution < 1.29 is 17.9 Å². The van der Waals surface area contributed by atoms with Crippen molar-refractivity contribution in [3.8, 4) is 5.75 Å². The van der Waals surface area contributed by atoms with Crippen LogP contribution in [-0.4, -0.2) is 39.3 Å². The summed E-state index contributed by atoms with van der Waals surface area (Å²) in [5.74, 6) is -0.585. The average molecular weight is 315 g/mol. The van der Waals surface area contributed by atoms with Crippen LogP contribution in [0.1, 0.15) is 13.8 Å². The Balaban J connectivity index is 2.60. The molecule has 0 aliphatic heterocycles. The van der Waals surface area contributed by atoms with E-state index in [4.69, 9.17) is 10.5 Å². The van der Waals surface area contributed by atoms with Gasteiger partial charge < -0.3 is 15.8 Å². The van der Waals surface area contributed by atoms with Gasteiger partial charge in [0, 0.05) is 18.8 Å². The quantitative estimate of drug-likeness (QED) is 0.638. The van der Waals surface area contributed by atoms with E-state index in [-0.39, 0.29) is 19.2 Å². The molecule has 0 unspecified atom stereocenters. The van der Waals surface area contributed by atoms with E-state index in [0.717, 1.165) is 0 Å². The third-order valence-electron chi connectivity index (χ3n) is 2.29. The number of benzene rings is 1. The Kier molecular flexibility index (Phi) is 6.44. The summed E-state index contributed by atoms with van der Waals surface area (Å²) in [5, 5.41) is 2.40. The van der Waals surface area contributed by atoms with Crippen molar-refractivity contribution in [1.82, 2.24) is 5.32 Å². The van der Waals surface area contributed by atoms with E-state index in [1.165, 1.54) is 0 Å². The summed E-state index contributed by atoms with van der Waals surface area (Å²) in [6.07, 6.45) is 0.0405. The minimum atomic E-state index is -3.74. The van der Waals surface area contributed by atoms with E-state index in [2.05, 4.69) is 10.0 Å². The highest BCUT2D eigenvalue weighted by Gasteiger charge is 2.16. The number of anilines is 1. The third-order valence-corrected chi connectivity index (χ3v) is 3.48. The maximum absolute atomic E-state index is 11.8. The number of nitrogens with one attached hydrogen (secondary N) is 2. The Morgan fingerprint density at radius 1 is 1.29 bits per heavy atom. The van der Waals surface area contributed by atoms with Gasteiger partial charge in [0.05, 0.1) is 6.10 Å². The molecular weight excluding hydrogens is 294 g/mol. The van der Waals surface area contributed by atoms with Gasteiger partial charge >= 0.3 is 0 Å². The summed E-state index contributed by atoms with van der Waals surface area (Å²) in [4.78, 5) is 11.4. The molecule has 0 aromatic heterocycles. The Labute approximate surface area is 124 Å². The first-order chi connectivity index (χ1) is 9.82. The van der Waals surface area contributed by atoms with Crippen LogP contribution in [-0.2, 0) is 14.8 Å². The minimum Gasteiger partial charge on any atom is -0.491 e. The van der Waals surface area contributed by atoms with Crippen LogP contribution >= 0.6 is 0 Å². The van der Waals surface area contributed by atoms with Gasteiger partial charge in [0.1, 0.15) is 11.5 Å². The number of carbonyl (C=O) groups is 1. The summed E-state index contributed by atoms with van der Waals surface area (Å²) < 4.78 is 31.4. The maximum Gasteiger partial charge on any atom is 0.241 e. The van der Waals surface area contributed by atoms with Crippen LogP contribution in [0, 0.1) is 0 Å². The normalized spacial score (nSPS) is 11.2. The third kappa shape index (κ3) is 6.96. The maximum atomic E-state index is 11.8. The van der Waals surface area contributed by atoms with Crippen LogP contribution in [0.5, 0.6) is 5.75 Å². The number of amides is 1. The monoisotopic (exact) mass is 315 g/mol. The van der Waals surface area contributed by atoms with Gasteiger partial charge in [-0.3, -0.25) is 9.52 Å². The van der Waals surface area contributed by atoms with Gasteiger partial charge in [-0.15, -0.1) is 0 Å². The van der Waals surface area contributed by atoms with Gasteiger partial charge in [-0.1, -0.05) is 0 Å². The van der Waals surface area contributed by atoms with Gasteiger partial charge in [-0.05, 0) is 38.1 Å². The number of nitrogens with two attached hydrogens (primary N) is 1. The zero-order valence-electron chi connectivity index (χ0n) is 12.1. The Morgan fingerprint density at radius 2 is 1.90 bits per heavy atom. The second-order valence-corrected chi connectivity index (χ2v) is 6.41. The van der Waals surface area contributed by atoms with E-state index in [1.807, 2.05) is 13.8 Å².